The molecule has 104 valence electrons. The minimum Gasteiger partial charge on any atom is -0.478 e. The van der Waals surface area contributed by atoms with Gasteiger partial charge < -0.3 is 10.2 Å². The molecule has 19 heavy (non-hydrogen) atoms. The van der Waals surface area contributed by atoms with Crippen LogP contribution >= 0.6 is 0 Å². The van der Waals surface area contributed by atoms with Crippen LogP contribution in [0, 0.1) is 5.82 Å². The van der Waals surface area contributed by atoms with Crippen LogP contribution in [0.2, 0.25) is 0 Å². The quantitative estimate of drug-likeness (QED) is 0.724. The monoisotopic (exact) mass is 289 g/mol. The van der Waals surface area contributed by atoms with Crippen molar-refractivity contribution >= 4 is 16.0 Å². The zero-order valence-electron chi connectivity index (χ0n) is 9.76. The summed E-state index contributed by atoms with van der Waals surface area (Å²) >= 11 is 0. The standard InChI is InChI=1S/C11H12FNO5S/c12-8-2-1-7(10(15)16)5-9(8)19(17,18)13-11(6-14)3-4-11/h1-2,5,13-14H,3-4,6H2,(H,15,16). The fraction of sp³-hybridized carbons (Fsp3) is 0.364. The molecule has 1 aliphatic carbocycles. The highest BCUT2D eigenvalue weighted by Crippen LogP contribution is 2.36. The van der Waals surface area contributed by atoms with Crippen LogP contribution in [0.25, 0.3) is 0 Å². The van der Waals surface area contributed by atoms with Gasteiger partial charge in [0.2, 0.25) is 10.0 Å². The number of carboxylic acids is 1. The second kappa shape index (κ2) is 4.55. The highest BCUT2D eigenvalue weighted by Gasteiger charge is 2.46. The topological polar surface area (TPSA) is 104 Å². The Morgan fingerprint density at radius 1 is 1.42 bits per heavy atom. The predicted molar refractivity (Wildman–Crippen MR) is 62.7 cm³/mol. The van der Waals surface area contributed by atoms with Gasteiger partial charge in [-0.15, -0.1) is 0 Å². The molecule has 3 N–H and O–H groups in total. The Morgan fingerprint density at radius 2 is 2.05 bits per heavy atom. The highest BCUT2D eigenvalue weighted by molar-refractivity contribution is 7.89. The minimum absolute atomic E-state index is 0.323. The third-order valence-electron chi connectivity index (χ3n) is 2.97. The van der Waals surface area contributed by atoms with Crippen LogP contribution in [0.4, 0.5) is 4.39 Å². The van der Waals surface area contributed by atoms with Crippen molar-refractivity contribution in [3.63, 3.8) is 0 Å². The van der Waals surface area contributed by atoms with Crippen LogP contribution in [-0.4, -0.2) is 36.7 Å². The third-order valence-corrected chi connectivity index (χ3v) is 4.57. The first-order valence-corrected chi connectivity index (χ1v) is 6.96. The molecular weight excluding hydrogens is 277 g/mol. The summed E-state index contributed by atoms with van der Waals surface area (Å²) in [5.74, 6) is -2.38. The maximum atomic E-state index is 13.6. The van der Waals surface area contributed by atoms with E-state index in [1.807, 2.05) is 0 Å². The number of aliphatic hydroxyl groups is 1. The van der Waals surface area contributed by atoms with Crippen LogP contribution < -0.4 is 4.72 Å². The Hall–Kier alpha value is -1.51. The number of hydrogen-bond acceptors (Lipinski definition) is 4. The van der Waals surface area contributed by atoms with Gasteiger partial charge in [-0.05, 0) is 31.0 Å². The number of aliphatic hydroxyl groups excluding tert-OH is 1. The van der Waals surface area contributed by atoms with E-state index in [9.17, 15) is 17.6 Å². The molecule has 0 unspecified atom stereocenters. The van der Waals surface area contributed by atoms with Crippen molar-refractivity contribution in [3.8, 4) is 0 Å². The Bertz CT molecular complexity index is 624. The summed E-state index contributed by atoms with van der Waals surface area (Å²) in [7, 11) is -4.20. The molecule has 1 aromatic rings. The van der Waals surface area contributed by atoms with E-state index < -0.39 is 32.2 Å². The number of hydrogen-bond donors (Lipinski definition) is 3. The Morgan fingerprint density at radius 3 is 2.53 bits per heavy atom. The van der Waals surface area contributed by atoms with Crippen LogP contribution in [0.15, 0.2) is 23.1 Å². The molecule has 1 saturated carbocycles. The van der Waals surface area contributed by atoms with Gasteiger partial charge in [0.1, 0.15) is 10.7 Å². The van der Waals surface area contributed by atoms with E-state index in [0.717, 1.165) is 18.2 Å². The van der Waals surface area contributed by atoms with Gasteiger partial charge in [0.05, 0.1) is 17.7 Å². The lowest BCUT2D eigenvalue weighted by Gasteiger charge is -2.15. The van der Waals surface area contributed by atoms with Crippen LogP contribution in [0.1, 0.15) is 23.2 Å². The van der Waals surface area contributed by atoms with Gasteiger partial charge >= 0.3 is 5.97 Å². The molecule has 0 atom stereocenters. The lowest BCUT2D eigenvalue weighted by atomic mass is 10.2. The summed E-state index contributed by atoms with van der Waals surface area (Å²) in [5.41, 5.74) is -1.26. The first-order valence-electron chi connectivity index (χ1n) is 5.47. The smallest absolute Gasteiger partial charge is 0.335 e. The van der Waals surface area contributed by atoms with E-state index in [0.29, 0.717) is 12.8 Å². The predicted octanol–water partition coefficient (Wildman–Crippen LogP) is 0.327. The molecular formula is C11H12FNO5S. The molecule has 0 saturated heterocycles. The molecule has 1 aliphatic rings. The van der Waals surface area contributed by atoms with Crippen molar-refractivity contribution in [2.45, 2.75) is 23.3 Å². The molecule has 0 radical (unpaired) electrons. The Kier molecular flexibility index (Phi) is 3.33. The SMILES string of the molecule is O=C(O)c1ccc(F)c(S(=O)(=O)NC2(CO)CC2)c1. The molecule has 1 aromatic carbocycles. The van der Waals surface area contributed by atoms with E-state index in [1.165, 1.54) is 0 Å². The molecule has 0 aromatic heterocycles. The van der Waals surface area contributed by atoms with Gasteiger partial charge in [-0.1, -0.05) is 0 Å². The zero-order chi connectivity index (χ0) is 14.3. The Balaban J connectivity index is 2.40. The van der Waals surface area contributed by atoms with Gasteiger partial charge in [-0.25, -0.2) is 22.3 Å². The molecule has 6 nitrogen and oxygen atoms in total. The molecule has 0 bridgehead atoms. The second-order valence-electron chi connectivity index (χ2n) is 4.49. The van der Waals surface area contributed by atoms with Gasteiger partial charge in [-0.2, -0.15) is 0 Å². The zero-order valence-corrected chi connectivity index (χ0v) is 10.6. The summed E-state index contributed by atoms with van der Waals surface area (Å²) in [5, 5.41) is 17.8. The average Bonchev–Trinajstić information content (AvgIpc) is 3.08. The first kappa shape index (κ1) is 13.9. The summed E-state index contributed by atoms with van der Waals surface area (Å²) in [6.45, 7) is -0.382. The number of carboxylic acid groups (broad SMARTS) is 1. The van der Waals surface area contributed by atoms with E-state index >= 15 is 0 Å². The van der Waals surface area contributed by atoms with Crippen LogP contribution in [0.3, 0.4) is 0 Å². The van der Waals surface area contributed by atoms with Crippen molar-refractivity contribution in [1.82, 2.24) is 4.72 Å². The van der Waals surface area contributed by atoms with Gasteiger partial charge in [0, 0.05) is 0 Å². The molecule has 0 amide bonds. The fourth-order valence-corrected chi connectivity index (χ4v) is 3.18. The first-order chi connectivity index (χ1) is 8.80. The van der Waals surface area contributed by atoms with E-state index in [4.69, 9.17) is 10.2 Å². The lowest BCUT2D eigenvalue weighted by Crippen LogP contribution is -2.39. The van der Waals surface area contributed by atoms with Crippen LogP contribution in [0.5, 0.6) is 0 Å². The van der Waals surface area contributed by atoms with Crippen molar-refractivity contribution in [2.24, 2.45) is 0 Å². The normalized spacial score (nSPS) is 17.2. The largest absolute Gasteiger partial charge is 0.478 e. The number of nitrogens with one attached hydrogen (secondary N) is 1. The molecule has 0 aliphatic heterocycles. The van der Waals surface area contributed by atoms with Crippen molar-refractivity contribution < 1.29 is 27.8 Å². The van der Waals surface area contributed by atoms with Gasteiger partial charge in [0.15, 0.2) is 0 Å². The summed E-state index contributed by atoms with van der Waals surface area (Å²) in [6.07, 6.45) is 0.923. The van der Waals surface area contributed by atoms with Crippen molar-refractivity contribution in [1.29, 1.82) is 0 Å². The maximum absolute atomic E-state index is 13.6. The average molecular weight is 289 g/mol. The summed E-state index contributed by atoms with van der Waals surface area (Å²) in [4.78, 5) is 10.0. The number of halogens is 1. The minimum atomic E-state index is -4.20. The fourth-order valence-electron chi connectivity index (χ4n) is 1.63. The number of benzene rings is 1. The maximum Gasteiger partial charge on any atom is 0.335 e. The number of rotatable bonds is 5. The third kappa shape index (κ3) is 2.75. The van der Waals surface area contributed by atoms with Crippen LogP contribution in [-0.2, 0) is 10.0 Å². The summed E-state index contributed by atoms with van der Waals surface area (Å²) in [6, 6.07) is 2.53. The molecule has 1 fully saturated rings. The van der Waals surface area contributed by atoms with E-state index in [-0.39, 0.29) is 12.2 Å². The van der Waals surface area contributed by atoms with Crippen molar-refractivity contribution in [3.05, 3.63) is 29.6 Å². The number of carbonyl (C=O) groups is 1. The second-order valence-corrected chi connectivity index (χ2v) is 6.15. The van der Waals surface area contributed by atoms with Gasteiger partial charge in [0.25, 0.3) is 0 Å². The Labute approximate surface area is 108 Å². The van der Waals surface area contributed by atoms with Crippen molar-refractivity contribution in [2.75, 3.05) is 6.61 Å². The van der Waals surface area contributed by atoms with Gasteiger partial charge in [-0.3, -0.25) is 0 Å². The molecule has 8 heteroatoms. The molecule has 0 heterocycles. The van der Waals surface area contributed by atoms with E-state index in [2.05, 4.69) is 4.72 Å². The van der Waals surface area contributed by atoms with E-state index in [1.54, 1.807) is 0 Å². The number of sulfonamides is 1. The summed E-state index contributed by atoms with van der Waals surface area (Å²) < 4.78 is 39.7. The molecule has 2 rings (SSSR count). The molecule has 0 spiro atoms. The lowest BCUT2D eigenvalue weighted by molar-refractivity contribution is 0.0696. The highest BCUT2D eigenvalue weighted by atomic mass is 32.2. The number of aromatic carboxylic acids is 1.